The van der Waals surface area contributed by atoms with Crippen molar-refractivity contribution in [1.82, 2.24) is 0 Å². The average Bonchev–Trinajstić information content (AvgIpc) is 1.75. The second-order valence-electron chi connectivity index (χ2n) is 1.15. The Balaban J connectivity index is -0.0000000116. The first-order valence-electron chi connectivity index (χ1n) is 2.51. The summed E-state index contributed by atoms with van der Waals surface area (Å²) in [5, 5.41) is 0. The van der Waals surface area contributed by atoms with Gasteiger partial charge >= 0.3 is 23.7 Å². The van der Waals surface area contributed by atoms with E-state index in [9.17, 15) is 0 Å². The zero-order valence-electron chi connectivity index (χ0n) is 6.88. The summed E-state index contributed by atoms with van der Waals surface area (Å²) in [4.78, 5) is 0. The Morgan fingerprint density at radius 3 is 0.800 bits per heavy atom. The first kappa shape index (κ1) is 30.4. The van der Waals surface area contributed by atoms with E-state index in [1.807, 2.05) is 40.5 Å². The summed E-state index contributed by atoms with van der Waals surface area (Å²) < 4.78 is 8.25. The molecule has 0 aromatic carbocycles. The Labute approximate surface area is 88.9 Å². The van der Waals surface area contributed by atoms with Crippen molar-refractivity contribution < 1.29 is 23.7 Å². The van der Waals surface area contributed by atoms with Crippen LogP contribution in [-0.4, -0.2) is 0 Å². The van der Waals surface area contributed by atoms with Gasteiger partial charge in [-0.25, -0.2) is 0 Å². The fourth-order valence-electron chi connectivity index (χ4n) is 0. The van der Waals surface area contributed by atoms with E-state index in [4.69, 9.17) is 3.32 Å². The van der Waals surface area contributed by atoms with Gasteiger partial charge in [-0.1, -0.05) is 0 Å². The summed E-state index contributed by atoms with van der Waals surface area (Å²) >= 11 is 0.750. The Hall–Kier alpha value is 1.09. The first-order chi connectivity index (χ1) is 3.83. The molecule has 0 saturated carbocycles. The fourth-order valence-corrected chi connectivity index (χ4v) is 0. The summed E-state index contributed by atoms with van der Waals surface area (Å²) in [6, 6.07) is 0. The molecule has 0 amide bonds. The second-order valence-corrected chi connectivity index (χ2v) is 1.15. The summed E-state index contributed by atoms with van der Waals surface area (Å²) in [5.41, 5.74) is 0. The molecule has 0 atom stereocenters. The quantitative estimate of drug-likeness (QED) is 0.455. The molecule has 0 aromatic rings. The molecule has 0 saturated heterocycles. The van der Waals surface area contributed by atoms with E-state index in [1.54, 1.807) is 0 Å². The van der Waals surface area contributed by atoms with Gasteiger partial charge in [0.15, 0.2) is 0 Å². The molecule has 0 bridgehead atoms. The fraction of sp³-hybridized carbons (Fsp3) is 0.667. The van der Waals surface area contributed by atoms with Gasteiger partial charge in [-0.15, -0.1) is 24.8 Å². The molecule has 4 heteroatoms. The number of halogens is 2. The Morgan fingerprint density at radius 2 is 0.800 bits per heavy atom. The van der Waals surface area contributed by atoms with Gasteiger partial charge in [0.1, 0.15) is 0 Å². The Kier molecular flexibility index (Phi) is 265. The van der Waals surface area contributed by atoms with Gasteiger partial charge in [0.2, 0.25) is 0 Å². The van der Waals surface area contributed by atoms with Gasteiger partial charge in [-0.3, -0.25) is 0 Å². The van der Waals surface area contributed by atoms with Crippen LogP contribution in [0.25, 0.3) is 0 Å². The summed E-state index contributed by atoms with van der Waals surface area (Å²) in [6.45, 7) is 8.00. The molecule has 0 spiro atoms. The van der Waals surface area contributed by atoms with Crippen LogP contribution >= 0.6 is 24.8 Å². The minimum absolute atomic E-state index is 0. The van der Waals surface area contributed by atoms with Crippen molar-refractivity contribution in [3.05, 3.63) is 12.8 Å². The predicted molar refractivity (Wildman–Crippen MR) is 46.5 cm³/mol. The number of rotatable bonds is 0. The van der Waals surface area contributed by atoms with Crippen LogP contribution in [0.1, 0.15) is 27.7 Å². The molecule has 0 N–H and O–H groups in total. The predicted octanol–water partition coefficient (Wildman–Crippen LogP) is 3.18. The Morgan fingerprint density at radius 1 is 0.800 bits per heavy atom. The molecular formula is C6H16Cl2OTi. The second kappa shape index (κ2) is 87.2. The topological polar surface area (TPSA) is 17.1 Å². The van der Waals surface area contributed by atoms with Crippen molar-refractivity contribution in [3.63, 3.8) is 0 Å². The van der Waals surface area contributed by atoms with Gasteiger partial charge in [-0.05, 0) is 0 Å². The summed E-state index contributed by atoms with van der Waals surface area (Å²) in [5.74, 6) is 0. The van der Waals surface area contributed by atoms with Crippen LogP contribution in [0.3, 0.4) is 0 Å². The molecule has 1 nitrogen and oxygen atoms in total. The Bertz CT molecular complexity index is 23.2. The van der Waals surface area contributed by atoms with Crippen LogP contribution in [-0.2, 0) is 23.7 Å². The zero-order chi connectivity index (χ0) is 7.41. The SMILES string of the molecule is C[CH-]C.C[CH-]C.Cl.Cl.[O]=[Ti+2]. The van der Waals surface area contributed by atoms with E-state index >= 15 is 0 Å². The van der Waals surface area contributed by atoms with Gasteiger partial charge in [0.05, 0.1) is 0 Å². The van der Waals surface area contributed by atoms with Gasteiger partial charge in [-0.2, -0.15) is 27.7 Å². The van der Waals surface area contributed by atoms with Crippen molar-refractivity contribution in [2.75, 3.05) is 0 Å². The monoisotopic (exact) mass is 222 g/mol. The standard InChI is InChI=1S/2C3H7.2ClH.O.Ti/c2*1-3-2;;;;/h2*3H,1-2H3;2*1H;;/q2*-1;;;;+2. The third-order valence-corrected chi connectivity index (χ3v) is 0. The molecule has 0 aliphatic rings. The molecule has 0 aliphatic carbocycles. The van der Waals surface area contributed by atoms with Crippen molar-refractivity contribution in [1.29, 1.82) is 0 Å². The normalized spacial score (nSPS) is 4.20. The van der Waals surface area contributed by atoms with E-state index < -0.39 is 0 Å². The van der Waals surface area contributed by atoms with E-state index in [0.717, 1.165) is 20.4 Å². The molecule has 0 aromatic heterocycles. The van der Waals surface area contributed by atoms with Crippen LogP contribution in [0.15, 0.2) is 0 Å². The van der Waals surface area contributed by atoms with Gasteiger partial charge in [0, 0.05) is 0 Å². The molecule has 0 heterocycles. The van der Waals surface area contributed by atoms with Crippen LogP contribution in [0.5, 0.6) is 0 Å². The molecule has 64 valence electrons. The van der Waals surface area contributed by atoms with Crippen LogP contribution in [0.4, 0.5) is 0 Å². The van der Waals surface area contributed by atoms with Gasteiger partial charge < -0.3 is 12.8 Å². The molecule has 0 rings (SSSR count). The van der Waals surface area contributed by atoms with E-state index in [0.29, 0.717) is 0 Å². The number of hydrogen-bond donors (Lipinski definition) is 0. The van der Waals surface area contributed by atoms with Crippen LogP contribution in [0.2, 0.25) is 0 Å². The van der Waals surface area contributed by atoms with E-state index in [1.165, 1.54) is 0 Å². The maximum absolute atomic E-state index is 8.25. The molecule has 0 aliphatic heterocycles. The third-order valence-electron chi connectivity index (χ3n) is 0. The van der Waals surface area contributed by atoms with Crippen LogP contribution < -0.4 is 0 Å². The molecular weight excluding hydrogens is 207 g/mol. The molecule has 0 fully saturated rings. The summed E-state index contributed by atoms with van der Waals surface area (Å²) in [6.07, 6.45) is 4.00. The van der Waals surface area contributed by atoms with Crippen molar-refractivity contribution in [2.24, 2.45) is 0 Å². The zero-order valence-corrected chi connectivity index (χ0v) is 10.1. The van der Waals surface area contributed by atoms with Crippen molar-refractivity contribution in [3.8, 4) is 0 Å². The minimum atomic E-state index is 0. The van der Waals surface area contributed by atoms with Crippen molar-refractivity contribution in [2.45, 2.75) is 27.7 Å². The summed E-state index contributed by atoms with van der Waals surface area (Å²) in [7, 11) is 0. The average molecular weight is 223 g/mol. The molecule has 10 heavy (non-hydrogen) atoms. The molecule has 0 radical (unpaired) electrons. The van der Waals surface area contributed by atoms with E-state index in [2.05, 4.69) is 0 Å². The third kappa shape index (κ3) is 498. The van der Waals surface area contributed by atoms with Crippen molar-refractivity contribution >= 4 is 24.8 Å². The first-order valence-corrected chi connectivity index (χ1v) is 3.15. The number of hydrogen-bond acceptors (Lipinski definition) is 1. The molecule has 0 unspecified atom stereocenters. The maximum atomic E-state index is 8.25. The van der Waals surface area contributed by atoms with Crippen LogP contribution in [0, 0.1) is 12.8 Å². The van der Waals surface area contributed by atoms with E-state index in [-0.39, 0.29) is 24.8 Å². The van der Waals surface area contributed by atoms with Gasteiger partial charge in [0.25, 0.3) is 0 Å².